The summed E-state index contributed by atoms with van der Waals surface area (Å²) in [6.45, 7) is 8.54. The number of esters is 1. The highest BCUT2D eigenvalue weighted by atomic mass is 16.5. The molecule has 3 heterocycles. The molecule has 1 aromatic rings. The summed E-state index contributed by atoms with van der Waals surface area (Å²) in [7, 11) is 0. The number of allylic oxidation sites excluding steroid dienone is 5. The summed E-state index contributed by atoms with van der Waals surface area (Å²) in [5.74, 6) is -1.37. The predicted octanol–water partition coefficient (Wildman–Crippen LogP) is 3.59. The maximum absolute atomic E-state index is 13.2. The van der Waals surface area contributed by atoms with Crippen LogP contribution in [0, 0.1) is 17.8 Å². The van der Waals surface area contributed by atoms with E-state index in [1.54, 1.807) is 18.2 Å². The minimum Gasteiger partial charge on any atom is -0.460 e. The van der Waals surface area contributed by atoms with E-state index in [1.807, 2.05) is 45.9 Å². The van der Waals surface area contributed by atoms with E-state index < -0.39 is 24.0 Å². The third-order valence-corrected chi connectivity index (χ3v) is 6.50. The molecule has 2 amide bonds. The Labute approximate surface area is 223 Å². The molecule has 2 aliphatic rings. The Balaban J connectivity index is 1.83. The van der Waals surface area contributed by atoms with Crippen LogP contribution in [0.15, 0.2) is 59.3 Å². The second-order valence-corrected chi connectivity index (χ2v) is 10.1. The number of ether oxygens (including phenoxy) is 1. The van der Waals surface area contributed by atoms with Crippen LogP contribution in [0.3, 0.4) is 0 Å². The number of oxazole rings is 1. The fourth-order valence-electron chi connectivity index (χ4n) is 4.48. The van der Waals surface area contributed by atoms with Crippen LogP contribution < -0.4 is 5.32 Å². The van der Waals surface area contributed by atoms with Crippen molar-refractivity contribution >= 4 is 23.6 Å². The highest BCUT2D eigenvalue weighted by molar-refractivity contribution is 5.96. The molecular weight excluding hydrogens is 486 g/mol. The second kappa shape index (κ2) is 13.7. The lowest BCUT2D eigenvalue weighted by Crippen LogP contribution is -2.44. The lowest BCUT2D eigenvalue weighted by atomic mass is 9.94. The molecule has 9 heteroatoms. The van der Waals surface area contributed by atoms with Gasteiger partial charge in [0.1, 0.15) is 18.4 Å². The van der Waals surface area contributed by atoms with Crippen LogP contribution in [0.1, 0.15) is 56.9 Å². The minimum absolute atomic E-state index is 0.00654. The summed E-state index contributed by atoms with van der Waals surface area (Å²) in [5, 5.41) is 2.81. The number of ketones is 1. The van der Waals surface area contributed by atoms with Crippen LogP contribution in [-0.2, 0) is 25.5 Å². The number of amides is 2. The van der Waals surface area contributed by atoms with Gasteiger partial charge in [-0.1, -0.05) is 64.2 Å². The lowest BCUT2D eigenvalue weighted by molar-refractivity contribution is -0.158. The van der Waals surface area contributed by atoms with E-state index >= 15 is 0 Å². The molecule has 1 aromatic heterocycles. The van der Waals surface area contributed by atoms with E-state index in [2.05, 4.69) is 10.3 Å². The number of aromatic nitrogens is 1. The van der Waals surface area contributed by atoms with Crippen molar-refractivity contribution in [3.63, 3.8) is 0 Å². The average Bonchev–Trinajstić information content (AvgIpc) is 3.55. The van der Waals surface area contributed by atoms with Gasteiger partial charge in [0.05, 0.1) is 6.42 Å². The van der Waals surface area contributed by atoms with Gasteiger partial charge in [0.15, 0.2) is 11.5 Å². The van der Waals surface area contributed by atoms with Gasteiger partial charge in [-0.05, 0) is 36.8 Å². The molecule has 3 rings (SSSR count). The van der Waals surface area contributed by atoms with Crippen molar-refractivity contribution in [3.05, 3.63) is 66.5 Å². The Morgan fingerprint density at radius 1 is 1.05 bits per heavy atom. The molecule has 1 saturated heterocycles. The number of cyclic esters (lactones) is 1. The van der Waals surface area contributed by atoms with Crippen LogP contribution in [0.2, 0.25) is 0 Å². The molecule has 0 aliphatic carbocycles. The van der Waals surface area contributed by atoms with Crippen LogP contribution >= 0.6 is 0 Å². The normalized spacial score (nSPS) is 29.7. The zero-order valence-corrected chi connectivity index (χ0v) is 22.5. The summed E-state index contributed by atoms with van der Waals surface area (Å²) in [4.78, 5) is 56.5. The molecule has 204 valence electrons. The fraction of sp³-hybridized carbons (Fsp3) is 0.483. The molecule has 0 spiro atoms. The van der Waals surface area contributed by atoms with Crippen molar-refractivity contribution < 1.29 is 28.3 Å². The monoisotopic (exact) mass is 523 g/mol. The number of carbonyl (C=O) groups excluding carboxylic acids is 4. The average molecular weight is 524 g/mol. The van der Waals surface area contributed by atoms with Gasteiger partial charge < -0.3 is 19.4 Å². The van der Waals surface area contributed by atoms with E-state index in [9.17, 15) is 19.2 Å². The smallest absolute Gasteiger partial charge is 0.329 e. The van der Waals surface area contributed by atoms with Gasteiger partial charge >= 0.3 is 5.97 Å². The Kier molecular flexibility index (Phi) is 10.4. The Morgan fingerprint density at radius 3 is 2.61 bits per heavy atom. The third-order valence-electron chi connectivity index (χ3n) is 6.50. The van der Waals surface area contributed by atoms with Crippen LogP contribution in [0.4, 0.5) is 0 Å². The third kappa shape index (κ3) is 8.13. The SMILES string of the molecule is CC1/C=C\C=C\C(=O)Cc2nc(co2)C(=O)N2CCC[C@@H]2C(=O)O[C@H](C(C)C)[C@H](C)/C=C/C(=O)NC/C=C/1. The molecule has 1 N–H and O–H groups in total. The lowest BCUT2D eigenvalue weighted by Gasteiger charge is -2.29. The maximum Gasteiger partial charge on any atom is 0.329 e. The molecule has 0 radical (unpaired) electrons. The zero-order chi connectivity index (χ0) is 27.7. The standard InChI is InChI=1S/C29H37N3O6/c1-19(2)27-21(4)13-14-25(34)30-15-7-10-20(3)9-5-6-11-22(33)17-26-31-23(18-37-26)28(35)32-16-8-12-24(32)29(36)38-27/h5-7,9-11,13-14,18-21,24,27H,8,12,15-17H2,1-4H3,(H,30,34)/b9-5-,10-7+,11-6+,14-13+/t20?,21-,24-,27-/m1/s1. The number of fused-ring (bicyclic) bond motifs is 3. The van der Waals surface area contributed by atoms with Gasteiger partial charge in [0, 0.05) is 19.0 Å². The molecule has 0 saturated carbocycles. The van der Waals surface area contributed by atoms with Crippen LogP contribution in [-0.4, -0.2) is 58.7 Å². The topological polar surface area (TPSA) is 119 Å². The summed E-state index contributed by atoms with van der Waals surface area (Å²) in [5.41, 5.74) is 0.0502. The first-order chi connectivity index (χ1) is 18.2. The van der Waals surface area contributed by atoms with Crippen molar-refractivity contribution in [1.82, 2.24) is 15.2 Å². The number of nitrogens with one attached hydrogen (secondary N) is 1. The Morgan fingerprint density at radius 2 is 1.84 bits per heavy atom. The van der Waals surface area contributed by atoms with E-state index in [0.717, 1.165) is 0 Å². The van der Waals surface area contributed by atoms with Crippen molar-refractivity contribution in [2.75, 3.05) is 13.1 Å². The number of rotatable bonds is 1. The van der Waals surface area contributed by atoms with E-state index in [0.29, 0.717) is 25.9 Å². The van der Waals surface area contributed by atoms with Crippen molar-refractivity contribution in [2.24, 2.45) is 17.8 Å². The van der Waals surface area contributed by atoms with Crippen molar-refractivity contribution in [2.45, 2.75) is 59.1 Å². The molecule has 1 unspecified atom stereocenters. The quantitative estimate of drug-likeness (QED) is 0.441. The molecule has 2 bridgehead atoms. The molecule has 4 atom stereocenters. The second-order valence-electron chi connectivity index (χ2n) is 10.1. The van der Waals surface area contributed by atoms with Gasteiger partial charge in [-0.15, -0.1) is 0 Å². The molecule has 0 aromatic carbocycles. The van der Waals surface area contributed by atoms with Gasteiger partial charge in [0.25, 0.3) is 5.91 Å². The Hall–Kier alpha value is -3.75. The molecule has 38 heavy (non-hydrogen) atoms. The Bertz CT molecular complexity index is 1130. The van der Waals surface area contributed by atoms with Crippen molar-refractivity contribution in [3.8, 4) is 0 Å². The number of hydrogen-bond acceptors (Lipinski definition) is 7. The van der Waals surface area contributed by atoms with Gasteiger partial charge in [-0.25, -0.2) is 9.78 Å². The van der Waals surface area contributed by atoms with Gasteiger partial charge in [-0.2, -0.15) is 0 Å². The summed E-state index contributed by atoms with van der Waals surface area (Å²) < 4.78 is 11.3. The first-order valence-electron chi connectivity index (χ1n) is 13.1. The van der Waals surface area contributed by atoms with Gasteiger partial charge in [-0.3, -0.25) is 14.4 Å². The zero-order valence-electron chi connectivity index (χ0n) is 22.5. The van der Waals surface area contributed by atoms with E-state index in [4.69, 9.17) is 9.15 Å². The molecule has 1 fully saturated rings. The molecule has 2 aliphatic heterocycles. The van der Waals surface area contributed by atoms with Crippen LogP contribution in [0.5, 0.6) is 0 Å². The highest BCUT2D eigenvalue weighted by Crippen LogP contribution is 2.25. The summed E-state index contributed by atoms with van der Waals surface area (Å²) >= 11 is 0. The first-order valence-corrected chi connectivity index (χ1v) is 13.1. The van der Waals surface area contributed by atoms with E-state index in [1.165, 1.54) is 23.3 Å². The summed E-state index contributed by atoms with van der Waals surface area (Å²) in [6, 6.07) is -0.737. The number of carbonyl (C=O) groups is 4. The summed E-state index contributed by atoms with van der Waals surface area (Å²) in [6.07, 6.45) is 15.6. The first kappa shape index (κ1) is 28.8. The van der Waals surface area contributed by atoms with Crippen LogP contribution in [0.25, 0.3) is 0 Å². The number of hydrogen-bond donors (Lipinski definition) is 1. The van der Waals surface area contributed by atoms with E-state index in [-0.39, 0.29) is 47.4 Å². The molecular formula is C29H37N3O6. The maximum atomic E-state index is 13.2. The number of nitrogens with zero attached hydrogens (tertiary/aromatic N) is 2. The minimum atomic E-state index is -0.737. The van der Waals surface area contributed by atoms with Gasteiger partial charge in [0.2, 0.25) is 11.8 Å². The fourth-order valence-corrected chi connectivity index (χ4v) is 4.48. The largest absolute Gasteiger partial charge is 0.460 e. The predicted molar refractivity (Wildman–Crippen MR) is 142 cm³/mol. The highest BCUT2D eigenvalue weighted by Gasteiger charge is 2.38. The van der Waals surface area contributed by atoms with Crippen molar-refractivity contribution in [1.29, 1.82) is 0 Å². The molecule has 9 nitrogen and oxygen atoms in total.